The number of benzene rings is 1. The van der Waals surface area contributed by atoms with Crippen molar-refractivity contribution in [3.05, 3.63) is 40.9 Å². The van der Waals surface area contributed by atoms with Crippen LogP contribution in [0.3, 0.4) is 0 Å². The number of thioether (sulfide) groups is 1. The standard InChI is InChI=1S/C12H13N3O2S2/c1-17-10-3-2-8(6-9(10)11(13)15-16)7-19-12-14-4-5-18-12/h2-6,16H,7H2,1H3,(H2,13,15). The molecule has 0 spiro atoms. The molecule has 19 heavy (non-hydrogen) atoms. The summed E-state index contributed by atoms with van der Waals surface area (Å²) in [5, 5.41) is 13.7. The monoisotopic (exact) mass is 295 g/mol. The van der Waals surface area contributed by atoms with Gasteiger partial charge in [-0.2, -0.15) is 0 Å². The number of hydrogen-bond donors (Lipinski definition) is 2. The molecular formula is C12H13N3O2S2. The van der Waals surface area contributed by atoms with Gasteiger partial charge in [0.2, 0.25) is 0 Å². The molecule has 7 heteroatoms. The summed E-state index contributed by atoms with van der Waals surface area (Å²) in [6.45, 7) is 0. The lowest BCUT2D eigenvalue weighted by Gasteiger charge is -2.09. The third-order valence-electron chi connectivity index (χ3n) is 2.42. The van der Waals surface area contributed by atoms with Crippen LogP contribution >= 0.6 is 23.1 Å². The molecule has 100 valence electrons. The minimum Gasteiger partial charge on any atom is -0.496 e. The Balaban J connectivity index is 2.18. The topological polar surface area (TPSA) is 80.7 Å². The lowest BCUT2D eigenvalue weighted by molar-refractivity contribution is 0.318. The quantitative estimate of drug-likeness (QED) is 0.291. The van der Waals surface area contributed by atoms with Crippen molar-refractivity contribution in [1.82, 2.24) is 4.98 Å². The highest BCUT2D eigenvalue weighted by Crippen LogP contribution is 2.27. The van der Waals surface area contributed by atoms with E-state index in [1.54, 1.807) is 36.4 Å². The molecule has 0 atom stereocenters. The summed E-state index contributed by atoms with van der Waals surface area (Å²) >= 11 is 3.25. The number of hydrogen-bond acceptors (Lipinski definition) is 6. The summed E-state index contributed by atoms with van der Waals surface area (Å²) < 4.78 is 6.20. The fourth-order valence-electron chi connectivity index (χ4n) is 1.53. The molecule has 0 unspecified atom stereocenters. The van der Waals surface area contributed by atoms with E-state index in [0.717, 1.165) is 15.7 Å². The van der Waals surface area contributed by atoms with E-state index in [9.17, 15) is 0 Å². The first-order valence-corrected chi connectivity index (χ1v) is 7.28. The Kier molecular flexibility index (Phi) is 4.64. The summed E-state index contributed by atoms with van der Waals surface area (Å²) in [7, 11) is 1.55. The molecule has 5 nitrogen and oxygen atoms in total. The van der Waals surface area contributed by atoms with Crippen LogP contribution in [0.1, 0.15) is 11.1 Å². The second-order valence-electron chi connectivity index (χ2n) is 3.61. The molecule has 0 aliphatic carbocycles. The van der Waals surface area contributed by atoms with E-state index in [1.807, 2.05) is 23.6 Å². The molecule has 2 rings (SSSR count). The minimum atomic E-state index is 0.0398. The first-order valence-electron chi connectivity index (χ1n) is 5.41. The van der Waals surface area contributed by atoms with Crippen LogP contribution < -0.4 is 10.5 Å². The smallest absolute Gasteiger partial charge is 0.173 e. The number of thiazole rings is 1. The number of oxime groups is 1. The number of nitrogens with two attached hydrogens (primary N) is 1. The van der Waals surface area contributed by atoms with Crippen molar-refractivity contribution in [2.45, 2.75) is 10.1 Å². The van der Waals surface area contributed by atoms with Gasteiger partial charge in [0.25, 0.3) is 0 Å². The largest absolute Gasteiger partial charge is 0.496 e. The fourth-order valence-corrected chi connectivity index (χ4v) is 3.11. The molecule has 0 saturated carbocycles. The van der Waals surface area contributed by atoms with E-state index in [-0.39, 0.29) is 5.84 Å². The van der Waals surface area contributed by atoms with Gasteiger partial charge in [0, 0.05) is 17.3 Å². The van der Waals surface area contributed by atoms with Crippen molar-refractivity contribution >= 4 is 28.9 Å². The van der Waals surface area contributed by atoms with Gasteiger partial charge >= 0.3 is 0 Å². The number of amidine groups is 1. The molecular weight excluding hydrogens is 282 g/mol. The van der Waals surface area contributed by atoms with Crippen LogP contribution in [-0.2, 0) is 5.75 Å². The van der Waals surface area contributed by atoms with Crippen LogP contribution in [0.25, 0.3) is 0 Å². The predicted molar refractivity (Wildman–Crippen MR) is 77.2 cm³/mol. The molecule has 0 aliphatic rings. The average molecular weight is 295 g/mol. The van der Waals surface area contributed by atoms with E-state index in [2.05, 4.69) is 10.1 Å². The van der Waals surface area contributed by atoms with E-state index in [0.29, 0.717) is 11.3 Å². The van der Waals surface area contributed by atoms with Gasteiger partial charge in [-0.1, -0.05) is 23.0 Å². The van der Waals surface area contributed by atoms with Gasteiger partial charge in [-0.3, -0.25) is 0 Å². The predicted octanol–water partition coefficient (Wildman–Crippen LogP) is 2.54. The minimum absolute atomic E-state index is 0.0398. The first-order chi connectivity index (χ1) is 9.24. The van der Waals surface area contributed by atoms with Crippen LogP contribution in [0.5, 0.6) is 5.75 Å². The van der Waals surface area contributed by atoms with Gasteiger partial charge in [0.1, 0.15) is 10.1 Å². The van der Waals surface area contributed by atoms with Gasteiger partial charge in [-0.15, -0.1) is 11.3 Å². The van der Waals surface area contributed by atoms with E-state index >= 15 is 0 Å². The Morgan fingerprint density at radius 1 is 1.58 bits per heavy atom. The maximum Gasteiger partial charge on any atom is 0.173 e. The van der Waals surface area contributed by atoms with Gasteiger partial charge < -0.3 is 15.7 Å². The van der Waals surface area contributed by atoms with Gasteiger partial charge in [-0.05, 0) is 17.7 Å². The van der Waals surface area contributed by atoms with Crippen LogP contribution in [-0.4, -0.2) is 23.1 Å². The maximum atomic E-state index is 8.77. The summed E-state index contributed by atoms with van der Waals surface area (Å²) in [6.07, 6.45) is 1.78. The molecule has 1 heterocycles. The third kappa shape index (κ3) is 3.39. The zero-order valence-electron chi connectivity index (χ0n) is 10.2. The van der Waals surface area contributed by atoms with Gasteiger partial charge in [-0.25, -0.2) is 4.98 Å². The SMILES string of the molecule is COc1ccc(CSc2nccs2)cc1C(N)=NO. The highest BCUT2D eigenvalue weighted by Gasteiger charge is 2.09. The van der Waals surface area contributed by atoms with Crippen LogP contribution in [0.2, 0.25) is 0 Å². The normalized spacial score (nSPS) is 11.5. The highest BCUT2D eigenvalue weighted by molar-refractivity contribution is 8.00. The zero-order chi connectivity index (χ0) is 13.7. The van der Waals surface area contributed by atoms with Crippen LogP contribution in [0.15, 0.2) is 39.3 Å². The number of methoxy groups -OCH3 is 1. The first kappa shape index (κ1) is 13.7. The molecule has 1 aromatic carbocycles. The fraction of sp³-hybridized carbons (Fsp3) is 0.167. The van der Waals surface area contributed by atoms with Crippen LogP contribution in [0, 0.1) is 0 Å². The Labute approximate surface area is 119 Å². The Morgan fingerprint density at radius 2 is 2.42 bits per heavy atom. The number of ether oxygens (including phenoxy) is 1. The summed E-state index contributed by atoms with van der Waals surface area (Å²) in [4.78, 5) is 4.21. The van der Waals surface area contributed by atoms with E-state index < -0.39 is 0 Å². The summed E-state index contributed by atoms with van der Waals surface area (Å²) in [5.41, 5.74) is 7.28. The van der Waals surface area contributed by atoms with Crippen molar-refractivity contribution in [1.29, 1.82) is 0 Å². The highest BCUT2D eigenvalue weighted by atomic mass is 32.2. The number of nitrogens with zero attached hydrogens (tertiary/aromatic N) is 2. The maximum absolute atomic E-state index is 8.77. The lowest BCUT2D eigenvalue weighted by atomic mass is 10.1. The van der Waals surface area contributed by atoms with Gasteiger partial charge in [0.15, 0.2) is 5.84 Å². The molecule has 0 aliphatic heterocycles. The summed E-state index contributed by atoms with van der Waals surface area (Å²) in [5.74, 6) is 1.39. The Morgan fingerprint density at radius 3 is 3.05 bits per heavy atom. The van der Waals surface area contributed by atoms with Crippen molar-refractivity contribution in [2.75, 3.05) is 7.11 Å². The Bertz CT molecular complexity index is 570. The van der Waals surface area contributed by atoms with Crippen molar-refractivity contribution in [3.8, 4) is 5.75 Å². The van der Waals surface area contributed by atoms with Crippen molar-refractivity contribution in [2.24, 2.45) is 10.9 Å². The zero-order valence-corrected chi connectivity index (χ0v) is 11.9. The molecule has 0 saturated heterocycles. The molecule has 3 N–H and O–H groups in total. The van der Waals surface area contributed by atoms with E-state index in [1.165, 1.54) is 0 Å². The Hall–Kier alpha value is -1.73. The van der Waals surface area contributed by atoms with Crippen LogP contribution in [0.4, 0.5) is 0 Å². The second-order valence-corrected chi connectivity index (χ2v) is 5.72. The molecule has 0 amide bonds. The lowest BCUT2D eigenvalue weighted by Crippen LogP contribution is -2.14. The van der Waals surface area contributed by atoms with Crippen molar-refractivity contribution < 1.29 is 9.94 Å². The molecule has 0 fully saturated rings. The average Bonchev–Trinajstić information content (AvgIpc) is 2.97. The summed E-state index contributed by atoms with van der Waals surface area (Å²) in [6, 6.07) is 5.62. The molecule has 0 bridgehead atoms. The molecule has 1 aromatic heterocycles. The molecule has 0 radical (unpaired) electrons. The second kappa shape index (κ2) is 6.44. The molecule has 2 aromatic rings. The number of rotatable bonds is 5. The van der Waals surface area contributed by atoms with E-state index in [4.69, 9.17) is 15.7 Å². The van der Waals surface area contributed by atoms with Gasteiger partial charge in [0.05, 0.1) is 12.7 Å². The number of aromatic nitrogens is 1. The van der Waals surface area contributed by atoms with Crippen molar-refractivity contribution in [3.63, 3.8) is 0 Å². The third-order valence-corrected chi connectivity index (χ3v) is 4.46.